The van der Waals surface area contributed by atoms with Crippen molar-refractivity contribution in [3.8, 4) is 5.88 Å². The van der Waals surface area contributed by atoms with E-state index in [2.05, 4.69) is 10.3 Å². The maximum absolute atomic E-state index is 5.45. The summed E-state index contributed by atoms with van der Waals surface area (Å²) in [5.74, 6) is 1.39. The van der Waals surface area contributed by atoms with Gasteiger partial charge in [0, 0.05) is 24.9 Å². The summed E-state index contributed by atoms with van der Waals surface area (Å²) >= 11 is 0. The summed E-state index contributed by atoms with van der Waals surface area (Å²) in [6, 6.07) is 3.72. The van der Waals surface area contributed by atoms with Gasteiger partial charge in [0.1, 0.15) is 18.1 Å². The molecule has 0 aromatic carbocycles. The van der Waals surface area contributed by atoms with Crippen LogP contribution in [-0.2, 0) is 13.7 Å². The second kappa shape index (κ2) is 3.76. The summed E-state index contributed by atoms with van der Waals surface area (Å²) in [5, 5.41) is 7.99. The predicted octanol–water partition coefficient (Wildman–Crippen LogP) is 1.60. The van der Waals surface area contributed by atoms with Gasteiger partial charge in [-0.15, -0.1) is 5.10 Å². The molecule has 0 unspecified atom stereocenters. The molecule has 2 heterocycles. The van der Waals surface area contributed by atoms with E-state index >= 15 is 0 Å². The molecule has 5 heteroatoms. The molecule has 0 radical (unpaired) electrons. The molecule has 15 heavy (non-hydrogen) atoms. The van der Waals surface area contributed by atoms with Crippen LogP contribution in [0.1, 0.15) is 17.1 Å². The molecule has 0 saturated heterocycles. The Morgan fingerprint density at radius 3 is 2.73 bits per heavy atom. The molecule has 80 valence electrons. The van der Waals surface area contributed by atoms with Gasteiger partial charge >= 0.3 is 0 Å². The van der Waals surface area contributed by atoms with Gasteiger partial charge in [0.2, 0.25) is 5.88 Å². The van der Waals surface area contributed by atoms with E-state index in [9.17, 15) is 0 Å². The first kappa shape index (κ1) is 9.76. The number of aromatic nitrogens is 3. The van der Waals surface area contributed by atoms with Crippen LogP contribution in [0.5, 0.6) is 5.88 Å². The monoisotopic (exact) mass is 207 g/mol. The van der Waals surface area contributed by atoms with Crippen molar-refractivity contribution in [1.82, 2.24) is 14.9 Å². The number of ether oxygens (including phenoxy) is 1. The fraction of sp³-hybridized carbons (Fsp3) is 0.400. The van der Waals surface area contributed by atoms with Crippen molar-refractivity contribution in [3.63, 3.8) is 0 Å². The smallest absolute Gasteiger partial charge is 0.233 e. The normalized spacial score (nSPS) is 10.6. The third-order valence-electron chi connectivity index (χ3n) is 2.14. The highest BCUT2D eigenvalue weighted by atomic mass is 16.5. The van der Waals surface area contributed by atoms with E-state index in [4.69, 9.17) is 9.26 Å². The molecule has 0 amide bonds. The molecule has 5 nitrogen and oxygen atoms in total. The maximum atomic E-state index is 5.45. The van der Waals surface area contributed by atoms with E-state index in [1.807, 2.05) is 33.0 Å². The summed E-state index contributed by atoms with van der Waals surface area (Å²) in [5.41, 5.74) is 1.83. The van der Waals surface area contributed by atoms with E-state index in [-0.39, 0.29) is 0 Å². The van der Waals surface area contributed by atoms with Gasteiger partial charge in [0.15, 0.2) is 0 Å². The van der Waals surface area contributed by atoms with Crippen molar-refractivity contribution in [3.05, 3.63) is 29.3 Å². The first-order valence-electron chi connectivity index (χ1n) is 4.71. The lowest BCUT2D eigenvalue weighted by molar-refractivity contribution is 0.275. The minimum Gasteiger partial charge on any atom is -0.470 e. The van der Waals surface area contributed by atoms with Crippen LogP contribution in [0.4, 0.5) is 0 Å². The van der Waals surface area contributed by atoms with E-state index < -0.39 is 0 Å². The fourth-order valence-electron chi connectivity index (χ4n) is 1.23. The predicted molar refractivity (Wildman–Crippen MR) is 53.5 cm³/mol. The van der Waals surface area contributed by atoms with E-state index in [1.54, 1.807) is 4.68 Å². The Labute approximate surface area is 87.6 Å². The second-order valence-corrected chi connectivity index (χ2v) is 3.47. The molecular formula is C10H13N3O2. The molecule has 0 aliphatic rings. The van der Waals surface area contributed by atoms with Crippen molar-refractivity contribution in [2.45, 2.75) is 20.5 Å². The fourth-order valence-corrected chi connectivity index (χ4v) is 1.23. The van der Waals surface area contributed by atoms with Gasteiger partial charge in [0.25, 0.3) is 0 Å². The SMILES string of the molecule is Cc1cc(COc2cc(C)n(C)n2)no1. The average Bonchev–Trinajstić information content (AvgIpc) is 2.72. The van der Waals surface area contributed by atoms with Crippen LogP contribution in [-0.4, -0.2) is 14.9 Å². The highest BCUT2D eigenvalue weighted by Gasteiger charge is 2.04. The van der Waals surface area contributed by atoms with Crippen LogP contribution >= 0.6 is 0 Å². The number of rotatable bonds is 3. The largest absolute Gasteiger partial charge is 0.470 e. The van der Waals surface area contributed by atoms with E-state index in [0.717, 1.165) is 17.1 Å². The molecule has 0 N–H and O–H groups in total. The lowest BCUT2D eigenvalue weighted by Gasteiger charge is -1.97. The van der Waals surface area contributed by atoms with E-state index in [1.165, 1.54) is 0 Å². The van der Waals surface area contributed by atoms with Crippen molar-refractivity contribution in [1.29, 1.82) is 0 Å². The van der Waals surface area contributed by atoms with Crippen LogP contribution in [0.15, 0.2) is 16.7 Å². The molecular weight excluding hydrogens is 194 g/mol. The van der Waals surface area contributed by atoms with Crippen molar-refractivity contribution >= 4 is 0 Å². The Morgan fingerprint density at radius 1 is 1.40 bits per heavy atom. The van der Waals surface area contributed by atoms with Crippen molar-refractivity contribution < 1.29 is 9.26 Å². The van der Waals surface area contributed by atoms with Crippen LogP contribution in [0.2, 0.25) is 0 Å². The zero-order valence-corrected chi connectivity index (χ0v) is 9.02. The molecule has 0 aliphatic heterocycles. The summed E-state index contributed by atoms with van der Waals surface area (Å²) in [4.78, 5) is 0. The Kier molecular flexibility index (Phi) is 2.45. The molecule has 2 rings (SSSR count). The summed E-state index contributed by atoms with van der Waals surface area (Å²) < 4.78 is 12.1. The molecule has 2 aromatic heterocycles. The third-order valence-corrected chi connectivity index (χ3v) is 2.14. The lowest BCUT2D eigenvalue weighted by Crippen LogP contribution is -1.97. The highest BCUT2D eigenvalue weighted by molar-refractivity contribution is 5.14. The molecule has 2 aromatic rings. The van der Waals surface area contributed by atoms with Crippen molar-refractivity contribution in [2.75, 3.05) is 0 Å². The lowest BCUT2D eigenvalue weighted by atomic mass is 10.4. The van der Waals surface area contributed by atoms with Crippen LogP contribution in [0, 0.1) is 13.8 Å². The minimum absolute atomic E-state index is 0.383. The molecule has 0 bridgehead atoms. The molecule has 0 fully saturated rings. The third kappa shape index (κ3) is 2.18. The summed E-state index contributed by atoms with van der Waals surface area (Å²) in [7, 11) is 1.88. The number of nitrogens with zero attached hydrogens (tertiary/aromatic N) is 3. The van der Waals surface area contributed by atoms with Crippen molar-refractivity contribution in [2.24, 2.45) is 7.05 Å². The van der Waals surface area contributed by atoms with Gasteiger partial charge in [-0.25, -0.2) is 0 Å². The minimum atomic E-state index is 0.383. The topological polar surface area (TPSA) is 53.1 Å². The van der Waals surface area contributed by atoms with Gasteiger partial charge in [-0.1, -0.05) is 5.16 Å². The Balaban J connectivity index is 1.99. The van der Waals surface area contributed by atoms with Gasteiger partial charge in [0.05, 0.1) is 0 Å². The number of hydrogen-bond donors (Lipinski definition) is 0. The average molecular weight is 207 g/mol. The van der Waals surface area contributed by atoms with Crippen LogP contribution < -0.4 is 4.74 Å². The first-order chi connectivity index (χ1) is 7.15. The Morgan fingerprint density at radius 2 is 2.20 bits per heavy atom. The molecule has 0 aliphatic carbocycles. The second-order valence-electron chi connectivity index (χ2n) is 3.47. The molecule has 0 spiro atoms. The van der Waals surface area contributed by atoms with E-state index in [0.29, 0.717) is 12.5 Å². The van der Waals surface area contributed by atoms with Gasteiger partial charge < -0.3 is 9.26 Å². The zero-order valence-electron chi connectivity index (χ0n) is 9.02. The van der Waals surface area contributed by atoms with Gasteiger partial charge in [-0.05, 0) is 13.8 Å². The number of aryl methyl sites for hydroxylation is 3. The highest BCUT2D eigenvalue weighted by Crippen LogP contribution is 2.12. The Bertz CT molecular complexity index is 439. The standard InChI is InChI=1S/C10H13N3O2/c1-7-4-10(11-13(7)3)14-6-9-5-8(2)15-12-9/h4-5H,6H2,1-3H3. The number of hydrogen-bond acceptors (Lipinski definition) is 4. The molecule has 0 atom stereocenters. The van der Waals surface area contributed by atoms with Gasteiger partial charge in [-0.2, -0.15) is 0 Å². The van der Waals surface area contributed by atoms with Gasteiger partial charge in [-0.3, -0.25) is 4.68 Å². The first-order valence-corrected chi connectivity index (χ1v) is 4.71. The maximum Gasteiger partial charge on any atom is 0.233 e. The van der Waals surface area contributed by atoms with Crippen LogP contribution in [0.25, 0.3) is 0 Å². The molecule has 0 saturated carbocycles. The Hall–Kier alpha value is -1.78. The quantitative estimate of drug-likeness (QED) is 0.767. The zero-order chi connectivity index (χ0) is 10.8. The summed E-state index contributed by atoms with van der Waals surface area (Å²) in [6.07, 6.45) is 0. The van der Waals surface area contributed by atoms with Crippen LogP contribution in [0.3, 0.4) is 0 Å². The summed E-state index contributed by atoms with van der Waals surface area (Å²) in [6.45, 7) is 4.20.